The van der Waals surface area contributed by atoms with Crippen molar-refractivity contribution in [1.82, 2.24) is 0 Å². The number of carbonyl (C=O) groups is 1. The highest BCUT2D eigenvalue weighted by atomic mass is 79.9. The molecule has 0 aliphatic heterocycles. The molecule has 2 nitrogen and oxygen atoms in total. The summed E-state index contributed by atoms with van der Waals surface area (Å²) in [7, 11) is 1.46. The Kier molecular flexibility index (Phi) is 4.52. The number of benzene rings is 1. The Bertz CT molecular complexity index is 525. The van der Waals surface area contributed by atoms with Crippen LogP contribution in [0.2, 0.25) is 0 Å². The summed E-state index contributed by atoms with van der Waals surface area (Å²) < 4.78 is 19.0. The Morgan fingerprint density at radius 3 is 2.70 bits per heavy atom. The Morgan fingerprint density at radius 1 is 1.40 bits per heavy atom. The van der Waals surface area contributed by atoms with E-state index >= 15 is 0 Å². The summed E-state index contributed by atoms with van der Waals surface area (Å²) in [4.78, 5) is 12.8. The fraction of sp³-hybridized carbons (Fsp3) is 0.562. The minimum atomic E-state index is -0.415. The number of halogens is 2. The molecule has 1 aromatic rings. The number of rotatable bonds is 3. The standard InChI is InChI=1S/C16H20BrFO2/c1-16(2)7-5-4-6-11(16)15(19)10-8-12(17)13(18)9-14(10)20-3/h8-9,11H,4-7H2,1-3H3. The molecule has 0 N–H and O–H groups in total. The molecule has 1 aliphatic carbocycles. The van der Waals surface area contributed by atoms with Gasteiger partial charge in [0.2, 0.25) is 0 Å². The normalized spacial score (nSPS) is 21.6. The predicted molar refractivity (Wildman–Crippen MR) is 80.7 cm³/mol. The molecule has 0 aromatic heterocycles. The van der Waals surface area contributed by atoms with E-state index in [1.807, 2.05) is 0 Å². The van der Waals surface area contributed by atoms with E-state index in [2.05, 4.69) is 29.8 Å². The van der Waals surface area contributed by atoms with E-state index < -0.39 is 5.82 Å². The molecule has 1 aromatic carbocycles. The second-order valence-corrected chi connectivity index (χ2v) is 6.97. The Balaban J connectivity index is 2.40. The van der Waals surface area contributed by atoms with E-state index in [4.69, 9.17) is 4.74 Å². The van der Waals surface area contributed by atoms with Crippen molar-refractivity contribution in [1.29, 1.82) is 0 Å². The third-order valence-electron chi connectivity index (χ3n) is 4.33. The molecule has 1 atom stereocenters. The molecule has 0 bridgehead atoms. The number of hydrogen-bond donors (Lipinski definition) is 0. The van der Waals surface area contributed by atoms with Gasteiger partial charge in [-0.2, -0.15) is 0 Å². The summed E-state index contributed by atoms with van der Waals surface area (Å²) in [6.45, 7) is 4.28. The lowest BCUT2D eigenvalue weighted by Crippen LogP contribution is -2.34. The van der Waals surface area contributed by atoms with Crippen LogP contribution in [0, 0.1) is 17.2 Å². The van der Waals surface area contributed by atoms with Crippen LogP contribution in [0.25, 0.3) is 0 Å². The first-order valence-corrected chi connectivity index (χ1v) is 7.73. The average molecular weight is 343 g/mol. The van der Waals surface area contributed by atoms with E-state index in [-0.39, 0.29) is 17.1 Å². The third-order valence-corrected chi connectivity index (χ3v) is 4.94. The van der Waals surface area contributed by atoms with Gasteiger partial charge in [-0.1, -0.05) is 26.7 Å². The van der Waals surface area contributed by atoms with E-state index in [0.717, 1.165) is 19.3 Å². The molecule has 2 rings (SSSR count). The van der Waals surface area contributed by atoms with Crippen molar-refractivity contribution in [2.24, 2.45) is 11.3 Å². The van der Waals surface area contributed by atoms with Gasteiger partial charge < -0.3 is 4.74 Å². The van der Waals surface area contributed by atoms with Crippen LogP contribution in [0.5, 0.6) is 5.75 Å². The van der Waals surface area contributed by atoms with E-state index in [1.54, 1.807) is 6.07 Å². The van der Waals surface area contributed by atoms with Gasteiger partial charge in [0, 0.05) is 12.0 Å². The van der Waals surface area contributed by atoms with Crippen LogP contribution < -0.4 is 4.74 Å². The second kappa shape index (κ2) is 5.84. The zero-order valence-corrected chi connectivity index (χ0v) is 13.7. The Hall–Kier alpha value is -0.900. The number of hydrogen-bond acceptors (Lipinski definition) is 2. The molecule has 1 aliphatic rings. The molecule has 0 saturated heterocycles. The van der Waals surface area contributed by atoms with Gasteiger partial charge in [0.1, 0.15) is 11.6 Å². The second-order valence-electron chi connectivity index (χ2n) is 6.12. The SMILES string of the molecule is COc1cc(F)c(Br)cc1C(=O)C1CCCCC1(C)C. The molecular weight excluding hydrogens is 323 g/mol. The number of methoxy groups -OCH3 is 1. The summed E-state index contributed by atoms with van der Waals surface area (Å²) in [5.41, 5.74) is 0.460. The van der Waals surface area contributed by atoms with Gasteiger partial charge in [0.25, 0.3) is 0 Å². The lowest BCUT2D eigenvalue weighted by atomic mass is 9.66. The molecule has 1 fully saturated rings. The molecule has 110 valence electrons. The first-order valence-electron chi connectivity index (χ1n) is 6.94. The molecular formula is C16H20BrFO2. The molecule has 4 heteroatoms. The maximum absolute atomic E-state index is 13.6. The first kappa shape index (κ1) is 15.5. The van der Waals surface area contributed by atoms with Crippen LogP contribution in [-0.2, 0) is 0 Å². The lowest BCUT2D eigenvalue weighted by Gasteiger charge is -2.37. The fourth-order valence-corrected chi connectivity index (χ4v) is 3.40. The molecule has 0 radical (unpaired) electrons. The van der Waals surface area contributed by atoms with Gasteiger partial charge in [0.05, 0.1) is 17.1 Å². The van der Waals surface area contributed by atoms with Crippen LogP contribution in [0.1, 0.15) is 49.9 Å². The van der Waals surface area contributed by atoms with Gasteiger partial charge in [-0.15, -0.1) is 0 Å². The molecule has 1 saturated carbocycles. The summed E-state index contributed by atoms with van der Waals surface area (Å²) in [6, 6.07) is 2.81. The molecule has 0 spiro atoms. The van der Waals surface area contributed by atoms with Gasteiger partial charge in [-0.25, -0.2) is 4.39 Å². The van der Waals surface area contributed by atoms with Crippen LogP contribution in [0.15, 0.2) is 16.6 Å². The fourth-order valence-electron chi connectivity index (χ4n) is 3.06. The molecule has 20 heavy (non-hydrogen) atoms. The highest BCUT2D eigenvalue weighted by molar-refractivity contribution is 9.10. The summed E-state index contributed by atoms with van der Waals surface area (Å²) in [5.74, 6) is -0.0619. The largest absolute Gasteiger partial charge is 0.496 e. The summed E-state index contributed by atoms with van der Waals surface area (Å²) >= 11 is 3.15. The molecule has 0 amide bonds. The van der Waals surface area contributed by atoms with Crippen molar-refractivity contribution in [3.8, 4) is 5.75 Å². The number of ether oxygens (including phenoxy) is 1. The topological polar surface area (TPSA) is 26.3 Å². The van der Waals surface area contributed by atoms with Crippen molar-refractivity contribution < 1.29 is 13.9 Å². The summed E-state index contributed by atoms with van der Waals surface area (Å²) in [6.07, 6.45) is 4.18. The van der Waals surface area contributed by atoms with Crippen molar-refractivity contribution in [2.75, 3.05) is 7.11 Å². The van der Waals surface area contributed by atoms with E-state index in [0.29, 0.717) is 15.8 Å². The maximum atomic E-state index is 13.6. The van der Waals surface area contributed by atoms with Crippen LogP contribution in [0.4, 0.5) is 4.39 Å². The van der Waals surface area contributed by atoms with Crippen molar-refractivity contribution in [2.45, 2.75) is 39.5 Å². The van der Waals surface area contributed by atoms with Crippen molar-refractivity contribution in [3.05, 3.63) is 28.0 Å². The third kappa shape index (κ3) is 2.90. The highest BCUT2D eigenvalue weighted by Crippen LogP contribution is 2.43. The molecule has 1 unspecified atom stereocenters. The zero-order chi connectivity index (χ0) is 14.9. The highest BCUT2D eigenvalue weighted by Gasteiger charge is 2.38. The maximum Gasteiger partial charge on any atom is 0.170 e. The average Bonchev–Trinajstić information content (AvgIpc) is 2.40. The zero-order valence-electron chi connectivity index (χ0n) is 12.1. The van der Waals surface area contributed by atoms with Crippen LogP contribution >= 0.6 is 15.9 Å². The quantitative estimate of drug-likeness (QED) is 0.722. The van der Waals surface area contributed by atoms with Crippen molar-refractivity contribution >= 4 is 21.7 Å². The van der Waals surface area contributed by atoms with Gasteiger partial charge in [-0.3, -0.25) is 4.79 Å². The number of carbonyl (C=O) groups excluding carboxylic acids is 1. The smallest absolute Gasteiger partial charge is 0.170 e. The number of ketones is 1. The Labute approximate surface area is 127 Å². The van der Waals surface area contributed by atoms with Crippen LogP contribution in [0.3, 0.4) is 0 Å². The van der Waals surface area contributed by atoms with Crippen molar-refractivity contribution in [3.63, 3.8) is 0 Å². The minimum Gasteiger partial charge on any atom is -0.496 e. The monoisotopic (exact) mass is 342 g/mol. The van der Waals surface area contributed by atoms with E-state index in [1.165, 1.54) is 19.6 Å². The lowest BCUT2D eigenvalue weighted by molar-refractivity contribution is 0.0694. The minimum absolute atomic E-state index is 0.0127. The van der Waals surface area contributed by atoms with Gasteiger partial charge in [-0.05, 0) is 40.3 Å². The van der Waals surface area contributed by atoms with Gasteiger partial charge >= 0.3 is 0 Å². The van der Waals surface area contributed by atoms with E-state index in [9.17, 15) is 9.18 Å². The van der Waals surface area contributed by atoms with Crippen LogP contribution in [-0.4, -0.2) is 12.9 Å². The predicted octanol–water partition coefficient (Wildman–Crippen LogP) is 5.00. The first-order chi connectivity index (χ1) is 9.36. The molecule has 0 heterocycles. The Morgan fingerprint density at radius 2 is 2.10 bits per heavy atom. The van der Waals surface area contributed by atoms with Gasteiger partial charge in [0.15, 0.2) is 5.78 Å². The summed E-state index contributed by atoms with van der Waals surface area (Å²) in [5, 5.41) is 0. The number of Topliss-reactive ketones (excluding diaryl/α,β-unsaturated/α-hetero) is 1.